The molecule has 0 radical (unpaired) electrons. The molecule has 0 aliphatic heterocycles. The van der Waals surface area contributed by atoms with Gasteiger partial charge in [0.15, 0.2) is 5.13 Å². The zero-order valence-electron chi connectivity index (χ0n) is 12.9. The SMILES string of the molecule is CCO[C@H]1C[C@@H](NC(=O)Nc2nc(C)c(C)s2)C12CCC2. The number of aryl methyl sites for hydroxylation is 2. The average Bonchev–Trinajstić information content (AvgIpc) is 2.64. The lowest BCUT2D eigenvalue weighted by Gasteiger charge is -2.60. The molecular weight excluding hydrogens is 286 g/mol. The Bertz CT molecular complexity index is 520. The molecule has 2 atom stereocenters. The number of amides is 2. The Balaban J connectivity index is 1.56. The predicted molar refractivity (Wildman–Crippen MR) is 83.8 cm³/mol. The van der Waals surface area contributed by atoms with Crippen LogP contribution in [-0.4, -0.2) is 29.8 Å². The van der Waals surface area contributed by atoms with Gasteiger partial charge in [-0.1, -0.05) is 6.42 Å². The molecule has 21 heavy (non-hydrogen) atoms. The van der Waals surface area contributed by atoms with E-state index in [9.17, 15) is 4.79 Å². The van der Waals surface area contributed by atoms with Crippen molar-refractivity contribution in [3.63, 3.8) is 0 Å². The van der Waals surface area contributed by atoms with E-state index >= 15 is 0 Å². The molecule has 0 bridgehead atoms. The number of urea groups is 1. The summed E-state index contributed by atoms with van der Waals surface area (Å²) in [6.45, 7) is 6.75. The predicted octanol–water partition coefficient (Wildman–Crippen LogP) is 3.23. The topological polar surface area (TPSA) is 63.2 Å². The average molecular weight is 309 g/mol. The summed E-state index contributed by atoms with van der Waals surface area (Å²) in [4.78, 5) is 17.6. The number of ether oxygens (including phenoxy) is 1. The number of nitrogens with one attached hydrogen (secondary N) is 2. The molecule has 0 saturated heterocycles. The van der Waals surface area contributed by atoms with Gasteiger partial charge in [-0.3, -0.25) is 5.32 Å². The van der Waals surface area contributed by atoms with Gasteiger partial charge in [-0.25, -0.2) is 9.78 Å². The standard InChI is InChI=1S/C15H23N3O2S/c1-4-20-12-8-11(15(12)6-5-7-15)17-13(19)18-14-16-9(2)10(3)21-14/h11-12H,4-8H2,1-3H3,(H2,16,17,18,19)/t11-,12+/m1/s1. The van der Waals surface area contributed by atoms with Crippen molar-refractivity contribution in [2.75, 3.05) is 11.9 Å². The molecule has 1 spiro atoms. The van der Waals surface area contributed by atoms with Crippen LogP contribution in [0.4, 0.5) is 9.93 Å². The Morgan fingerprint density at radius 3 is 2.76 bits per heavy atom. The minimum atomic E-state index is -0.144. The third-order valence-corrected chi connectivity index (χ3v) is 5.98. The highest BCUT2D eigenvalue weighted by atomic mass is 32.1. The Morgan fingerprint density at radius 2 is 2.24 bits per heavy atom. The summed E-state index contributed by atoms with van der Waals surface area (Å²) >= 11 is 1.52. The minimum absolute atomic E-state index is 0.144. The quantitative estimate of drug-likeness (QED) is 0.897. The fourth-order valence-corrected chi connectivity index (χ4v) is 4.27. The van der Waals surface area contributed by atoms with Crippen molar-refractivity contribution in [3.05, 3.63) is 10.6 Å². The van der Waals surface area contributed by atoms with Crippen LogP contribution in [0.1, 0.15) is 43.2 Å². The number of hydrogen-bond acceptors (Lipinski definition) is 4. The van der Waals surface area contributed by atoms with Crippen molar-refractivity contribution >= 4 is 22.5 Å². The molecule has 3 rings (SSSR count). The second kappa shape index (κ2) is 5.57. The normalized spacial score (nSPS) is 26.0. The summed E-state index contributed by atoms with van der Waals surface area (Å²) in [7, 11) is 0. The van der Waals surface area contributed by atoms with E-state index in [1.165, 1.54) is 17.8 Å². The molecule has 2 saturated carbocycles. The summed E-state index contributed by atoms with van der Waals surface area (Å²) < 4.78 is 5.80. The van der Waals surface area contributed by atoms with Crippen LogP contribution in [0.3, 0.4) is 0 Å². The summed E-state index contributed by atoms with van der Waals surface area (Å²) in [6, 6.07) is 0.0972. The second-order valence-corrected chi connectivity index (χ2v) is 7.28. The molecule has 6 heteroatoms. The second-order valence-electron chi connectivity index (χ2n) is 6.08. The smallest absolute Gasteiger partial charge is 0.321 e. The van der Waals surface area contributed by atoms with Crippen LogP contribution in [-0.2, 0) is 4.74 Å². The van der Waals surface area contributed by atoms with Gasteiger partial charge >= 0.3 is 6.03 Å². The van der Waals surface area contributed by atoms with Gasteiger partial charge in [0.25, 0.3) is 0 Å². The summed E-state index contributed by atoms with van der Waals surface area (Å²) in [5.41, 5.74) is 1.17. The maximum absolute atomic E-state index is 12.1. The highest BCUT2D eigenvalue weighted by Crippen LogP contribution is 2.57. The van der Waals surface area contributed by atoms with E-state index in [1.54, 1.807) is 0 Å². The van der Waals surface area contributed by atoms with Crippen molar-refractivity contribution in [2.45, 2.75) is 58.6 Å². The van der Waals surface area contributed by atoms with Gasteiger partial charge in [0.05, 0.1) is 11.8 Å². The maximum Gasteiger partial charge on any atom is 0.321 e. The van der Waals surface area contributed by atoms with E-state index in [0.717, 1.165) is 36.4 Å². The van der Waals surface area contributed by atoms with Gasteiger partial charge in [0.2, 0.25) is 0 Å². The molecule has 0 aromatic carbocycles. The van der Waals surface area contributed by atoms with Gasteiger partial charge in [0.1, 0.15) is 0 Å². The zero-order chi connectivity index (χ0) is 15.0. The van der Waals surface area contributed by atoms with Gasteiger partial charge in [-0.05, 0) is 40.0 Å². The lowest BCUT2D eigenvalue weighted by Crippen LogP contribution is -2.68. The summed E-state index contributed by atoms with van der Waals surface area (Å²) in [5.74, 6) is 0. The van der Waals surface area contributed by atoms with Crippen LogP contribution in [0.5, 0.6) is 0 Å². The lowest BCUT2D eigenvalue weighted by molar-refractivity contribution is -0.169. The Morgan fingerprint density at radius 1 is 1.48 bits per heavy atom. The van der Waals surface area contributed by atoms with Crippen molar-refractivity contribution in [3.8, 4) is 0 Å². The third-order valence-electron chi connectivity index (χ3n) is 4.99. The van der Waals surface area contributed by atoms with Gasteiger partial charge in [-0.2, -0.15) is 0 Å². The maximum atomic E-state index is 12.1. The molecule has 1 aromatic heterocycles. The summed E-state index contributed by atoms with van der Waals surface area (Å²) in [6.07, 6.45) is 4.83. The lowest BCUT2D eigenvalue weighted by atomic mass is 9.51. The molecule has 2 N–H and O–H groups in total. The molecular formula is C15H23N3O2S. The number of nitrogens with zero attached hydrogens (tertiary/aromatic N) is 1. The van der Waals surface area contributed by atoms with Crippen molar-refractivity contribution in [2.24, 2.45) is 5.41 Å². The van der Waals surface area contributed by atoms with E-state index in [2.05, 4.69) is 15.6 Å². The molecule has 2 aliphatic rings. The van der Waals surface area contributed by atoms with Crippen molar-refractivity contribution in [1.29, 1.82) is 0 Å². The van der Waals surface area contributed by atoms with Crippen LogP contribution < -0.4 is 10.6 Å². The first kappa shape index (κ1) is 14.8. The van der Waals surface area contributed by atoms with E-state index in [0.29, 0.717) is 11.2 Å². The Kier molecular flexibility index (Phi) is 3.92. The summed E-state index contributed by atoms with van der Waals surface area (Å²) in [5, 5.41) is 6.64. The fourth-order valence-electron chi connectivity index (χ4n) is 3.46. The third kappa shape index (κ3) is 2.55. The molecule has 2 fully saturated rings. The first-order chi connectivity index (χ1) is 10.0. The number of carbonyl (C=O) groups excluding carboxylic acids is 1. The van der Waals surface area contributed by atoms with E-state index in [1.807, 2.05) is 20.8 Å². The first-order valence-electron chi connectivity index (χ1n) is 7.68. The van der Waals surface area contributed by atoms with E-state index in [4.69, 9.17) is 4.74 Å². The number of aromatic nitrogens is 1. The van der Waals surface area contributed by atoms with Crippen LogP contribution in [0, 0.1) is 19.3 Å². The number of hydrogen-bond donors (Lipinski definition) is 2. The largest absolute Gasteiger partial charge is 0.378 e. The van der Waals surface area contributed by atoms with E-state index < -0.39 is 0 Å². The molecule has 116 valence electrons. The van der Waals surface area contributed by atoms with Gasteiger partial charge in [0, 0.05) is 22.9 Å². The molecule has 2 amide bonds. The van der Waals surface area contributed by atoms with Crippen LogP contribution >= 0.6 is 11.3 Å². The zero-order valence-corrected chi connectivity index (χ0v) is 13.7. The number of rotatable bonds is 4. The Labute approximate surface area is 129 Å². The van der Waals surface area contributed by atoms with Gasteiger partial charge < -0.3 is 10.1 Å². The van der Waals surface area contributed by atoms with E-state index in [-0.39, 0.29) is 17.5 Å². The first-order valence-corrected chi connectivity index (χ1v) is 8.50. The fraction of sp³-hybridized carbons (Fsp3) is 0.733. The highest BCUT2D eigenvalue weighted by Gasteiger charge is 2.59. The highest BCUT2D eigenvalue weighted by molar-refractivity contribution is 7.15. The Hall–Kier alpha value is -1.14. The monoisotopic (exact) mass is 309 g/mol. The van der Waals surface area contributed by atoms with Crippen LogP contribution in [0.25, 0.3) is 0 Å². The minimum Gasteiger partial charge on any atom is -0.378 e. The van der Waals surface area contributed by atoms with Crippen molar-refractivity contribution < 1.29 is 9.53 Å². The molecule has 5 nitrogen and oxygen atoms in total. The number of carbonyl (C=O) groups is 1. The number of thiazole rings is 1. The molecule has 0 unspecified atom stereocenters. The molecule has 2 aliphatic carbocycles. The van der Waals surface area contributed by atoms with Crippen molar-refractivity contribution in [1.82, 2.24) is 10.3 Å². The van der Waals surface area contributed by atoms with Gasteiger partial charge in [-0.15, -0.1) is 11.3 Å². The molecule has 1 aromatic rings. The van der Waals surface area contributed by atoms with Crippen LogP contribution in [0.2, 0.25) is 0 Å². The van der Waals surface area contributed by atoms with Crippen LogP contribution in [0.15, 0.2) is 0 Å². The molecule has 1 heterocycles. The number of anilines is 1.